The molecule has 0 saturated carbocycles. The quantitative estimate of drug-likeness (QED) is 0.673. The van der Waals surface area contributed by atoms with Crippen LogP contribution in [-0.2, 0) is 9.53 Å². The second-order valence-electron chi connectivity index (χ2n) is 5.92. The fourth-order valence-electron chi connectivity index (χ4n) is 3.00. The molecule has 0 spiro atoms. The van der Waals surface area contributed by atoms with Crippen LogP contribution in [0.15, 0.2) is 42.0 Å². The fourth-order valence-corrected chi connectivity index (χ4v) is 3.00. The number of nitrogens with one attached hydrogen (secondary N) is 1. The molecule has 1 amide bonds. The van der Waals surface area contributed by atoms with Crippen LogP contribution in [0.4, 0.5) is 0 Å². The lowest BCUT2D eigenvalue weighted by atomic mass is 10.0. The summed E-state index contributed by atoms with van der Waals surface area (Å²) in [5.41, 5.74) is 0.775. The lowest BCUT2D eigenvalue weighted by Gasteiger charge is -2.11. The minimum absolute atomic E-state index is 0.0379. The number of nitriles is 1. The van der Waals surface area contributed by atoms with E-state index < -0.39 is 5.91 Å². The van der Waals surface area contributed by atoms with E-state index in [2.05, 4.69) is 5.32 Å². The van der Waals surface area contributed by atoms with Crippen molar-refractivity contribution in [1.82, 2.24) is 5.32 Å². The summed E-state index contributed by atoms with van der Waals surface area (Å²) in [6.07, 6.45) is 3.57. The molecule has 5 nitrogen and oxygen atoms in total. The molecule has 25 heavy (non-hydrogen) atoms. The zero-order valence-corrected chi connectivity index (χ0v) is 14.1. The number of hydrogen-bond donors (Lipinski definition) is 1. The molecule has 1 aliphatic heterocycles. The van der Waals surface area contributed by atoms with E-state index in [1.807, 2.05) is 42.5 Å². The molecular formula is C20H20N2O3. The van der Waals surface area contributed by atoms with Gasteiger partial charge in [-0.15, -0.1) is 0 Å². The van der Waals surface area contributed by atoms with Gasteiger partial charge in [0.2, 0.25) is 0 Å². The average Bonchev–Trinajstić information content (AvgIpc) is 3.17. The minimum atomic E-state index is -0.395. The third kappa shape index (κ3) is 3.81. The first-order chi connectivity index (χ1) is 12.2. The lowest BCUT2D eigenvalue weighted by Crippen LogP contribution is -2.32. The van der Waals surface area contributed by atoms with Crippen LogP contribution >= 0.6 is 0 Å². The van der Waals surface area contributed by atoms with Gasteiger partial charge in [0.25, 0.3) is 5.91 Å². The molecule has 1 heterocycles. The highest BCUT2D eigenvalue weighted by atomic mass is 16.5. The van der Waals surface area contributed by atoms with Gasteiger partial charge in [-0.1, -0.05) is 30.3 Å². The molecule has 0 aliphatic carbocycles. The van der Waals surface area contributed by atoms with Crippen molar-refractivity contribution in [3.8, 4) is 11.8 Å². The number of amides is 1. The van der Waals surface area contributed by atoms with Gasteiger partial charge in [-0.3, -0.25) is 4.79 Å². The molecule has 1 saturated heterocycles. The number of carbonyl (C=O) groups excluding carboxylic acids is 1. The molecule has 1 fully saturated rings. The molecule has 128 valence electrons. The van der Waals surface area contributed by atoms with Gasteiger partial charge < -0.3 is 14.8 Å². The Kier molecular flexibility index (Phi) is 5.32. The van der Waals surface area contributed by atoms with Crippen LogP contribution in [0, 0.1) is 11.3 Å². The van der Waals surface area contributed by atoms with Crippen molar-refractivity contribution in [2.45, 2.75) is 18.9 Å². The second-order valence-corrected chi connectivity index (χ2v) is 5.92. The fraction of sp³-hybridized carbons (Fsp3) is 0.300. The number of nitrogens with zero attached hydrogens (tertiary/aromatic N) is 1. The number of methoxy groups -OCH3 is 1. The lowest BCUT2D eigenvalue weighted by molar-refractivity contribution is -0.117. The van der Waals surface area contributed by atoms with Crippen LogP contribution < -0.4 is 10.1 Å². The highest BCUT2D eigenvalue weighted by molar-refractivity contribution is 6.05. The summed E-state index contributed by atoms with van der Waals surface area (Å²) in [7, 11) is 1.57. The molecule has 2 aromatic rings. The van der Waals surface area contributed by atoms with Gasteiger partial charge >= 0.3 is 0 Å². The van der Waals surface area contributed by atoms with E-state index in [1.54, 1.807) is 13.2 Å². The average molecular weight is 336 g/mol. The smallest absolute Gasteiger partial charge is 0.262 e. The molecule has 0 aromatic heterocycles. The van der Waals surface area contributed by atoms with Crippen molar-refractivity contribution < 1.29 is 14.3 Å². The molecule has 1 unspecified atom stereocenters. The maximum atomic E-state index is 12.4. The molecule has 1 N–H and O–H groups in total. The van der Waals surface area contributed by atoms with E-state index >= 15 is 0 Å². The van der Waals surface area contributed by atoms with Crippen LogP contribution in [0.1, 0.15) is 18.4 Å². The zero-order chi connectivity index (χ0) is 17.6. The monoisotopic (exact) mass is 336 g/mol. The Morgan fingerprint density at radius 1 is 1.40 bits per heavy atom. The number of fused-ring (bicyclic) bond motifs is 1. The summed E-state index contributed by atoms with van der Waals surface area (Å²) in [5.74, 6) is 0.228. The Bertz CT molecular complexity index is 846. The number of carbonyl (C=O) groups is 1. The van der Waals surface area contributed by atoms with Crippen molar-refractivity contribution in [3.63, 3.8) is 0 Å². The van der Waals surface area contributed by atoms with Gasteiger partial charge in [0.15, 0.2) is 0 Å². The summed E-state index contributed by atoms with van der Waals surface area (Å²) in [5, 5.41) is 14.2. The van der Waals surface area contributed by atoms with Gasteiger partial charge in [0.1, 0.15) is 17.4 Å². The standard InChI is InChI=1S/C20H20N2O3/c1-24-19-9-8-14-5-2-3-7-17(14)18(19)11-15(12-21)20(23)22-13-16-6-4-10-25-16/h2-3,5,7-9,11,16H,4,6,10,13H2,1H3,(H,22,23)/b15-11+. The van der Waals surface area contributed by atoms with Gasteiger partial charge in [-0.05, 0) is 35.8 Å². The maximum Gasteiger partial charge on any atom is 0.262 e. The maximum absolute atomic E-state index is 12.4. The van der Waals surface area contributed by atoms with Crippen LogP contribution in [0.2, 0.25) is 0 Å². The topological polar surface area (TPSA) is 71.3 Å². The molecule has 5 heteroatoms. The molecule has 2 aromatic carbocycles. The summed E-state index contributed by atoms with van der Waals surface area (Å²) >= 11 is 0. The van der Waals surface area contributed by atoms with Gasteiger partial charge in [-0.25, -0.2) is 0 Å². The van der Waals surface area contributed by atoms with Gasteiger partial charge in [0.05, 0.1) is 13.2 Å². The van der Waals surface area contributed by atoms with Crippen LogP contribution in [0.5, 0.6) is 5.75 Å². The van der Waals surface area contributed by atoms with Gasteiger partial charge in [-0.2, -0.15) is 5.26 Å². The predicted molar refractivity (Wildman–Crippen MR) is 96.1 cm³/mol. The molecule has 0 radical (unpaired) electrons. The zero-order valence-electron chi connectivity index (χ0n) is 14.1. The number of hydrogen-bond acceptors (Lipinski definition) is 4. The third-order valence-electron chi connectivity index (χ3n) is 4.32. The normalized spacial score (nSPS) is 17.3. The minimum Gasteiger partial charge on any atom is -0.496 e. The SMILES string of the molecule is COc1ccc2ccccc2c1/C=C(\C#N)C(=O)NCC1CCCO1. The highest BCUT2D eigenvalue weighted by Gasteiger charge is 2.18. The Morgan fingerprint density at radius 3 is 2.96 bits per heavy atom. The number of benzene rings is 2. The van der Waals surface area contributed by atoms with E-state index in [4.69, 9.17) is 9.47 Å². The molecule has 1 aliphatic rings. The van der Waals surface area contributed by atoms with E-state index in [0.717, 1.165) is 35.8 Å². The number of rotatable bonds is 5. The first-order valence-electron chi connectivity index (χ1n) is 8.30. The Hall–Kier alpha value is -2.84. The van der Waals surface area contributed by atoms with Crippen molar-refractivity contribution in [3.05, 3.63) is 47.5 Å². The highest BCUT2D eigenvalue weighted by Crippen LogP contribution is 2.30. The van der Waals surface area contributed by atoms with Crippen LogP contribution in [-0.4, -0.2) is 32.3 Å². The summed E-state index contributed by atoms with van der Waals surface area (Å²) in [6, 6.07) is 13.6. The number of ether oxygens (including phenoxy) is 2. The summed E-state index contributed by atoms with van der Waals surface area (Å²) in [4.78, 5) is 12.4. The third-order valence-corrected chi connectivity index (χ3v) is 4.32. The summed E-state index contributed by atoms with van der Waals surface area (Å²) < 4.78 is 10.9. The first kappa shape index (κ1) is 17.0. The molecular weight excluding hydrogens is 316 g/mol. The van der Waals surface area contributed by atoms with Crippen LogP contribution in [0.3, 0.4) is 0 Å². The predicted octanol–water partition coefficient (Wildman–Crippen LogP) is 3.05. The van der Waals surface area contributed by atoms with E-state index in [0.29, 0.717) is 12.3 Å². The molecule has 3 rings (SSSR count). The van der Waals surface area contributed by atoms with E-state index in [9.17, 15) is 10.1 Å². The Balaban J connectivity index is 1.89. The Labute approximate surface area is 146 Å². The largest absolute Gasteiger partial charge is 0.496 e. The van der Waals surface area contributed by atoms with Gasteiger partial charge in [0, 0.05) is 18.7 Å². The van der Waals surface area contributed by atoms with E-state index in [1.165, 1.54) is 0 Å². The van der Waals surface area contributed by atoms with Crippen LogP contribution in [0.25, 0.3) is 16.8 Å². The van der Waals surface area contributed by atoms with E-state index in [-0.39, 0.29) is 11.7 Å². The Morgan fingerprint density at radius 2 is 2.24 bits per heavy atom. The molecule has 0 bridgehead atoms. The first-order valence-corrected chi connectivity index (χ1v) is 8.30. The van der Waals surface area contributed by atoms with Crippen molar-refractivity contribution in [2.24, 2.45) is 0 Å². The van der Waals surface area contributed by atoms with Crippen molar-refractivity contribution in [1.29, 1.82) is 5.26 Å². The summed E-state index contributed by atoms with van der Waals surface area (Å²) in [6.45, 7) is 1.15. The molecule has 1 atom stereocenters. The second kappa shape index (κ2) is 7.82. The van der Waals surface area contributed by atoms with Crippen molar-refractivity contribution in [2.75, 3.05) is 20.3 Å². The van der Waals surface area contributed by atoms with Crippen molar-refractivity contribution >= 4 is 22.8 Å².